The maximum Gasteiger partial charge on any atom is 0.490 e. The number of ether oxygens (including phenoxy) is 1. The van der Waals surface area contributed by atoms with Crippen LogP contribution in [0.1, 0.15) is 42.5 Å². The van der Waals surface area contributed by atoms with Crippen LogP contribution in [0.15, 0.2) is 35.3 Å². The predicted molar refractivity (Wildman–Crippen MR) is 117 cm³/mol. The first-order valence-electron chi connectivity index (χ1n) is 10.8. The lowest BCUT2D eigenvalue weighted by atomic mass is 9.84. The van der Waals surface area contributed by atoms with E-state index in [0.717, 1.165) is 12.8 Å². The number of hydrogen-bond donors (Lipinski definition) is 4. The van der Waals surface area contributed by atoms with Gasteiger partial charge in [-0.3, -0.25) is 18.8 Å². The van der Waals surface area contributed by atoms with Gasteiger partial charge in [-0.2, -0.15) is 13.2 Å². The quantitative estimate of drug-likeness (QED) is 0.419. The van der Waals surface area contributed by atoms with E-state index in [1.165, 1.54) is 10.5 Å². The summed E-state index contributed by atoms with van der Waals surface area (Å²) in [6.07, 6.45) is -0.0335. The van der Waals surface area contributed by atoms with E-state index in [9.17, 15) is 32.7 Å². The Labute approximate surface area is 197 Å². The molecule has 1 fully saturated rings. The lowest BCUT2D eigenvalue weighted by molar-refractivity contribution is -0.192. The number of carbonyl (C=O) groups excluding carboxylic acids is 1. The van der Waals surface area contributed by atoms with Crippen LogP contribution in [0, 0.1) is 5.92 Å². The average molecular weight is 501 g/mol. The van der Waals surface area contributed by atoms with Crippen LogP contribution in [-0.2, 0) is 9.59 Å². The maximum absolute atomic E-state index is 12.8. The van der Waals surface area contributed by atoms with E-state index in [1.54, 1.807) is 24.4 Å². The standard InChI is InChI=1S/C20H25N3O5.C2HF3O2/c21-10-3-11-28-14-8-6-13-7-9-16(19(25)23(13)12-14)18(24)22-17-5-2-1-4-15(17)20(26)27;3-2(4,5)1(6)7/h6-9,12,15,17H,1-5,10-11,21H2,(H,22,24)(H,26,27);(H,6,7)/t15-,17-;/m1./s1. The highest BCUT2D eigenvalue weighted by molar-refractivity contribution is 5.94. The van der Waals surface area contributed by atoms with Crippen molar-refractivity contribution in [3.63, 3.8) is 0 Å². The fraction of sp³-hybridized carbons (Fsp3) is 0.455. The van der Waals surface area contributed by atoms with Crippen LogP contribution in [0.2, 0.25) is 0 Å². The van der Waals surface area contributed by atoms with Gasteiger partial charge in [0.1, 0.15) is 11.3 Å². The number of aromatic nitrogens is 1. The van der Waals surface area contributed by atoms with Crippen molar-refractivity contribution in [2.75, 3.05) is 13.2 Å². The molecule has 1 amide bonds. The van der Waals surface area contributed by atoms with Gasteiger partial charge in [-0.25, -0.2) is 4.79 Å². The summed E-state index contributed by atoms with van der Waals surface area (Å²) in [5.41, 5.74) is 5.59. The van der Waals surface area contributed by atoms with Gasteiger partial charge in [0.15, 0.2) is 0 Å². The highest BCUT2D eigenvalue weighted by Crippen LogP contribution is 2.25. The molecule has 13 heteroatoms. The van der Waals surface area contributed by atoms with Gasteiger partial charge in [-0.1, -0.05) is 12.8 Å². The monoisotopic (exact) mass is 501 g/mol. The highest BCUT2D eigenvalue weighted by atomic mass is 19.4. The second-order valence-electron chi connectivity index (χ2n) is 7.81. The van der Waals surface area contributed by atoms with Crippen molar-refractivity contribution in [2.24, 2.45) is 11.7 Å². The molecule has 0 aliphatic heterocycles. The van der Waals surface area contributed by atoms with Crippen LogP contribution in [-0.4, -0.2) is 57.8 Å². The Hall–Kier alpha value is -3.61. The SMILES string of the molecule is NCCCOc1ccc2ccc(C(=O)N[C@@H]3CCCC[C@H]3C(=O)O)c(=O)n2c1.O=C(O)C(F)(F)F. The molecule has 0 aromatic carbocycles. The first-order chi connectivity index (χ1) is 16.5. The number of carboxylic acid groups (broad SMARTS) is 2. The van der Waals surface area contributed by atoms with Crippen molar-refractivity contribution < 1.29 is 42.5 Å². The minimum atomic E-state index is -5.08. The number of aliphatic carboxylic acids is 2. The minimum absolute atomic E-state index is 0.0219. The van der Waals surface area contributed by atoms with E-state index in [1.807, 2.05) is 0 Å². The molecule has 192 valence electrons. The molecule has 1 saturated carbocycles. The van der Waals surface area contributed by atoms with Gasteiger partial charge in [0.25, 0.3) is 11.5 Å². The van der Waals surface area contributed by atoms with Gasteiger partial charge < -0.3 is 26.0 Å². The summed E-state index contributed by atoms with van der Waals surface area (Å²) in [7, 11) is 0. The van der Waals surface area contributed by atoms with Gasteiger partial charge in [0.2, 0.25) is 0 Å². The third-order valence-electron chi connectivity index (χ3n) is 5.33. The predicted octanol–water partition coefficient (Wildman–Crippen LogP) is 2.03. The van der Waals surface area contributed by atoms with Crippen molar-refractivity contribution >= 4 is 23.4 Å². The molecule has 2 atom stereocenters. The molecular weight excluding hydrogens is 475 g/mol. The Kier molecular flexibility index (Phi) is 9.63. The summed E-state index contributed by atoms with van der Waals surface area (Å²) in [6.45, 7) is 0.950. The number of halogens is 3. The number of amides is 1. The molecular formula is C22H26F3N3O7. The van der Waals surface area contributed by atoms with Gasteiger partial charge in [0.05, 0.1) is 18.7 Å². The summed E-state index contributed by atoms with van der Waals surface area (Å²) in [4.78, 5) is 45.8. The van der Waals surface area contributed by atoms with E-state index in [-0.39, 0.29) is 5.56 Å². The van der Waals surface area contributed by atoms with Gasteiger partial charge in [-0.15, -0.1) is 0 Å². The van der Waals surface area contributed by atoms with Crippen molar-refractivity contribution in [2.45, 2.75) is 44.3 Å². The molecule has 0 spiro atoms. The summed E-state index contributed by atoms with van der Waals surface area (Å²) in [6, 6.07) is 6.17. The lowest BCUT2D eigenvalue weighted by Crippen LogP contribution is -2.46. The number of rotatable bonds is 7. The van der Waals surface area contributed by atoms with E-state index >= 15 is 0 Å². The first kappa shape index (κ1) is 27.6. The van der Waals surface area contributed by atoms with Gasteiger partial charge in [-0.05, 0) is 50.1 Å². The molecule has 5 N–H and O–H groups in total. The lowest BCUT2D eigenvalue weighted by Gasteiger charge is -2.29. The fourth-order valence-corrected chi connectivity index (χ4v) is 3.55. The second kappa shape index (κ2) is 12.2. The summed E-state index contributed by atoms with van der Waals surface area (Å²) in [5.74, 6) is -4.33. The summed E-state index contributed by atoms with van der Waals surface area (Å²) in [5, 5.41) is 19.2. The molecule has 0 saturated heterocycles. The van der Waals surface area contributed by atoms with E-state index in [4.69, 9.17) is 20.4 Å². The average Bonchev–Trinajstić information content (AvgIpc) is 2.79. The fourth-order valence-electron chi connectivity index (χ4n) is 3.55. The molecule has 0 unspecified atom stereocenters. The molecule has 2 aromatic rings. The zero-order chi connectivity index (χ0) is 26.2. The Bertz CT molecular complexity index is 1120. The number of carboxylic acids is 2. The van der Waals surface area contributed by atoms with Crippen LogP contribution < -0.4 is 21.3 Å². The Morgan fingerprint density at radius 1 is 1.11 bits per heavy atom. The number of hydrogen-bond acceptors (Lipinski definition) is 6. The number of nitrogens with two attached hydrogens (primary N) is 1. The third-order valence-corrected chi connectivity index (χ3v) is 5.33. The van der Waals surface area contributed by atoms with Crippen molar-refractivity contribution in [1.82, 2.24) is 9.72 Å². The van der Waals surface area contributed by atoms with Crippen LogP contribution in [0.4, 0.5) is 13.2 Å². The van der Waals surface area contributed by atoms with E-state index in [0.29, 0.717) is 43.7 Å². The van der Waals surface area contributed by atoms with Crippen LogP contribution >= 0.6 is 0 Å². The molecule has 0 bridgehead atoms. The molecule has 2 heterocycles. The first-order valence-corrected chi connectivity index (χ1v) is 10.8. The Morgan fingerprint density at radius 3 is 2.34 bits per heavy atom. The molecule has 2 aromatic heterocycles. The second-order valence-corrected chi connectivity index (χ2v) is 7.81. The Morgan fingerprint density at radius 2 is 1.74 bits per heavy atom. The van der Waals surface area contributed by atoms with Crippen LogP contribution in [0.25, 0.3) is 5.52 Å². The number of fused-ring (bicyclic) bond motifs is 1. The number of nitrogens with one attached hydrogen (secondary N) is 1. The zero-order valence-electron chi connectivity index (χ0n) is 18.6. The smallest absolute Gasteiger partial charge is 0.490 e. The third kappa shape index (κ3) is 7.70. The number of carbonyl (C=O) groups is 3. The van der Waals surface area contributed by atoms with Crippen molar-refractivity contribution in [3.8, 4) is 5.75 Å². The van der Waals surface area contributed by atoms with Gasteiger partial charge in [0, 0.05) is 11.6 Å². The molecule has 1 aliphatic rings. The number of pyridine rings is 2. The van der Waals surface area contributed by atoms with Crippen LogP contribution in [0.3, 0.4) is 0 Å². The zero-order valence-corrected chi connectivity index (χ0v) is 18.6. The molecule has 1 aliphatic carbocycles. The van der Waals surface area contributed by atoms with E-state index in [2.05, 4.69) is 5.32 Å². The minimum Gasteiger partial charge on any atom is -0.492 e. The summed E-state index contributed by atoms with van der Waals surface area (Å²) >= 11 is 0. The van der Waals surface area contributed by atoms with Gasteiger partial charge >= 0.3 is 18.1 Å². The normalized spacial score (nSPS) is 17.7. The molecule has 10 nitrogen and oxygen atoms in total. The Balaban J connectivity index is 0.000000540. The molecule has 0 radical (unpaired) electrons. The molecule has 35 heavy (non-hydrogen) atoms. The topological polar surface area (TPSA) is 160 Å². The van der Waals surface area contributed by atoms with Crippen molar-refractivity contribution in [3.05, 3.63) is 46.4 Å². The molecule has 3 rings (SSSR count). The highest BCUT2D eigenvalue weighted by Gasteiger charge is 2.38. The van der Waals surface area contributed by atoms with Crippen LogP contribution in [0.5, 0.6) is 5.75 Å². The maximum atomic E-state index is 12.8. The number of nitrogens with zero attached hydrogens (tertiary/aromatic N) is 1. The number of alkyl halides is 3. The summed E-state index contributed by atoms with van der Waals surface area (Å²) < 4.78 is 38.7. The van der Waals surface area contributed by atoms with E-state index < -0.39 is 41.5 Å². The van der Waals surface area contributed by atoms with Crippen molar-refractivity contribution in [1.29, 1.82) is 0 Å². The largest absolute Gasteiger partial charge is 0.492 e.